The summed E-state index contributed by atoms with van der Waals surface area (Å²) < 4.78 is 1.87. The summed E-state index contributed by atoms with van der Waals surface area (Å²) in [7, 11) is 1.86. The van der Waals surface area contributed by atoms with Gasteiger partial charge in [0.2, 0.25) is 5.91 Å². The van der Waals surface area contributed by atoms with E-state index < -0.39 is 4.92 Å². The lowest BCUT2D eigenvalue weighted by atomic mass is 10.1. The van der Waals surface area contributed by atoms with E-state index in [0.29, 0.717) is 10.8 Å². The molecular formula is C19H18ClN5O3S. The molecular weight excluding hydrogens is 414 g/mol. The average molecular weight is 432 g/mol. The van der Waals surface area contributed by atoms with Crippen LogP contribution in [0, 0.1) is 10.1 Å². The van der Waals surface area contributed by atoms with E-state index in [1.165, 1.54) is 35.5 Å². The molecule has 0 saturated carbocycles. The highest BCUT2D eigenvalue weighted by molar-refractivity contribution is 7.99. The van der Waals surface area contributed by atoms with Gasteiger partial charge in [0.05, 0.1) is 10.7 Å². The lowest BCUT2D eigenvalue weighted by Crippen LogP contribution is -2.14. The molecule has 0 fully saturated rings. The van der Waals surface area contributed by atoms with Gasteiger partial charge in [0.25, 0.3) is 5.69 Å². The molecule has 1 heterocycles. The molecule has 3 aromatic rings. The van der Waals surface area contributed by atoms with Gasteiger partial charge in [-0.1, -0.05) is 53.7 Å². The van der Waals surface area contributed by atoms with Crippen LogP contribution in [0.1, 0.15) is 11.4 Å². The number of carbonyl (C=O) groups excluding carboxylic acids is 1. The average Bonchev–Trinajstić information content (AvgIpc) is 3.06. The minimum atomic E-state index is -0.594. The van der Waals surface area contributed by atoms with Crippen molar-refractivity contribution in [3.05, 3.63) is 75.1 Å². The molecule has 0 spiro atoms. The summed E-state index contributed by atoms with van der Waals surface area (Å²) >= 11 is 7.02. The Labute approximate surface area is 176 Å². The Morgan fingerprint density at radius 3 is 2.69 bits per heavy atom. The summed E-state index contributed by atoms with van der Waals surface area (Å²) in [4.78, 5) is 22.5. The number of carbonyl (C=O) groups is 1. The largest absolute Gasteiger partial charge is 0.325 e. The zero-order valence-electron chi connectivity index (χ0n) is 15.5. The first kappa shape index (κ1) is 20.8. The predicted molar refractivity (Wildman–Crippen MR) is 112 cm³/mol. The lowest BCUT2D eigenvalue weighted by Gasteiger charge is -2.06. The fourth-order valence-electron chi connectivity index (χ4n) is 2.65. The Hall–Kier alpha value is -2.91. The number of aromatic nitrogens is 3. The van der Waals surface area contributed by atoms with Crippen molar-refractivity contribution < 1.29 is 9.72 Å². The van der Waals surface area contributed by atoms with Crippen LogP contribution in [0.3, 0.4) is 0 Å². The molecule has 0 aliphatic rings. The van der Waals surface area contributed by atoms with E-state index in [-0.39, 0.29) is 22.4 Å². The zero-order chi connectivity index (χ0) is 20.8. The van der Waals surface area contributed by atoms with Crippen LogP contribution in [0.4, 0.5) is 11.4 Å². The van der Waals surface area contributed by atoms with Crippen LogP contribution in [-0.2, 0) is 24.7 Å². The van der Waals surface area contributed by atoms with Crippen LogP contribution in [0.25, 0.3) is 0 Å². The second-order valence-electron chi connectivity index (χ2n) is 6.20. The second-order valence-corrected chi connectivity index (χ2v) is 7.55. The van der Waals surface area contributed by atoms with Crippen molar-refractivity contribution in [2.45, 2.75) is 18.0 Å². The van der Waals surface area contributed by atoms with Crippen LogP contribution < -0.4 is 5.32 Å². The smallest absolute Gasteiger partial charge is 0.289 e. The topological polar surface area (TPSA) is 103 Å². The Bertz CT molecular complexity index is 1030. The molecule has 0 radical (unpaired) electrons. The van der Waals surface area contributed by atoms with Crippen molar-refractivity contribution >= 4 is 40.6 Å². The molecule has 0 bridgehead atoms. The molecule has 2 aromatic carbocycles. The Kier molecular flexibility index (Phi) is 6.84. The van der Waals surface area contributed by atoms with Crippen molar-refractivity contribution in [2.75, 3.05) is 11.1 Å². The lowest BCUT2D eigenvalue weighted by molar-refractivity contribution is -0.384. The third kappa shape index (κ3) is 5.55. The standard InChI is InChI=1S/C19H18ClN5O3S/c1-24-17(10-7-13-5-3-2-4-6-13)22-23-19(24)29-12-18(26)21-14-8-9-15(20)16(11-14)25(27)28/h2-6,8-9,11H,7,10,12H2,1H3,(H,21,26). The van der Waals surface area contributed by atoms with E-state index in [2.05, 4.69) is 27.6 Å². The van der Waals surface area contributed by atoms with Crippen LogP contribution in [0.15, 0.2) is 53.7 Å². The Morgan fingerprint density at radius 2 is 1.97 bits per heavy atom. The quantitative estimate of drug-likeness (QED) is 0.329. The summed E-state index contributed by atoms with van der Waals surface area (Å²) in [5.74, 6) is 0.631. The van der Waals surface area contributed by atoms with Gasteiger partial charge in [-0.3, -0.25) is 14.9 Å². The molecule has 1 amide bonds. The summed E-state index contributed by atoms with van der Waals surface area (Å²) in [5, 5.41) is 22.6. The van der Waals surface area contributed by atoms with E-state index in [9.17, 15) is 14.9 Å². The van der Waals surface area contributed by atoms with Crippen molar-refractivity contribution in [1.29, 1.82) is 0 Å². The van der Waals surface area contributed by atoms with Crippen LogP contribution in [0.2, 0.25) is 5.02 Å². The van der Waals surface area contributed by atoms with Gasteiger partial charge in [-0.2, -0.15) is 0 Å². The highest BCUT2D eigenvalue weighted by Gasteiger charge is 2.15. The fourth-order valence-corrected chi connectivity index (χ4v) is 3.56. The van der Waals surface area contributed by atoms with E-state index >= 15 is 0 Å². The highest BCUT2D eigenvalue weighted by atomic mass is 35.5. The van der Waals surface area contributed by atoms with Crippen molar-refractivity contribution in [3.63, 3.8) is 0 Å². The Balaban J connectivity index is 1.55. The molecule has 10 heteroatoms. The SMILES string of the molecule is Cn1c(CCc2ccccc2)nnc1SCC(=O)Nc1ccc(Cl)c([N+](=O)[O-])c1. The van der Waals surface area contributed by atoms with Gasteiger partial charge >= 0.3 is 0 Å². The molecule has 0 atom stereocenters. The summed E-state index contributed by atoms with van der Waals surface area (Å²) in [5.41, 5.74) is 1.28. The number of halogens is 1. The maximum absolute atomic E-state index is 12.2. The maximum Gasteiger partial charge on any atom is 0.289 e. The fraction of sp³-hybridized carbons (Fsp3) is 0.211. The van der Waals surface area contributed by atoms with E-state index in [4.69, 9.17) is 11.6 Å². The highest BCUT2D eigenvalue weighted by Crippen LogP contribution is 2.27. The van der Waals surface area contributed by atoms with Crippen LogP contribution in [-0.4, -0.2) is 31.3 Å². The van der Waals surface area contributed by atoms with Gasteiger partial charge in [0.15, 0.2) is 5.16 Å². The number of amides is 1. The van der Waals surface area contributed by atoms with E-state index in [1.807, 2.05) is 29.8 Å². The summed E-state index contributed by atoms with van der Waals surface area (Å²) in [6.07, 6.45) is 1.60. The maximum atomic E-state index is 12.2. The monoisotopic (exact) mass is 431 g/mol. The van der Waals surface area contributed by atoms with Gasteiger partial charge in [0, 0.05) is 25.2 Å². The molecule has 0 saturated heterocycles. The molecule has 1 aromatic heterocycles. The molecule has 0 aliphatic heterocycles. The normalized spacial score (nSPS) is 10.7. The third-order valence-corrected chi connectivity index (χ3v) is 5.50. The molecule has 3 rings (SSSR count). The van der Waals surface area contributed by atoms with Gasteiger partial charge in [-0.15, -0.1) is 10.2 Å². The number of nitrogens with zero attached hydrogens (tertiary/aromatic N) is 4. The minimum Gasteiger partial charge on any atom is -0.325 e. The number of anilines is 1. The molecule has 150 valence electrons. The van der Waals surface area contributed by atoms with Crippen LogP contribution in [0.5, 0.6) is 0 Å². The number of nitro benzene ring substituents is 1. The first-order valence-electron chi connectivity index (χ1n) is 8.73. The molecule has 0 aliphatic carbocycles. The molecule has 1 N–H and O–H groups in total. The van der Waals surface area contributed by atoms with Gasteiger partial charge in [-0.05, 0) is 24.1 Å². The number of benzene rings is 2. The van der Waals surface area contributed by atoms with Crippen molar-refractivity contribution in [3.8, 4) is 0 Å². The number of rotatable bonds is 8. The van der Waals surface area contributed by atoms with Gasteiger partial charge in [-0.25, -0.2) is 0 Å². The Morgan fingerprint density at radius 1 is 1.21 bits per heavy atom. The van der Waals surface area contributed by atoms with E-state index in [1.54, 1.807) is 0 Å². The number of hydrogen-bond donors (Lipinski definition) is 1. The number of hydrogen-bond acceptors (Lipinski definition) is 6. The summed E-state index contributed by atoms with van der Waals surface area (Å²) in [6.45, 7) is 0. The molecule has 0 unspecified atom stereocenters. The number of aryl methyl sites for hydroxylation is 2. The first-order valence-corrected chi connectivity index (χ1v) is 10.1. The number of thioether (sulfide) groups is 1. The summed E-state index contributed by atoms with van der Waals surface area (Å²) in [6, 6.07) is 14.2. The first-order chi connectivity index (χ1) is 13.9. The zero-order valence-corrected chi connectivity index (χ0v) is 17.1. The predicted octanol–water partition coefficient (Wildman–Crippen LogP) is 3.89. The van der Waals surface area contributed by atoms with Crippen molar-refractivity contribution in [1.82, 2.24) is 14.8 Å². The van der Waals surface area contributed by atoms with E-state index in [0.717, 1.165) is 18.7 Å². The van der Waals surface area contributed by atoms with Crippen LogP contribution >= 0.6 is 23.4 Å². The second kappa shape index (κ2) is 9.53. The number of nitro groups is 1. The minimum absolute atomic E-state index is 0.0180. The van der Waals surface area contributed by atoms with Gasteiger partial charge < -0.3 is 9.88 Å². The van der Waals surface area contributed by atoms with Crippen molar-refractivity contribution in [2.24, 2.45) is 7.05 Å². The third-order valence-electron chi connectivity index (χ3n) is 4.16. The molecule has 29 heavy (non-hydrogen) atoms. The number of nitrogens with one attached hydrogen (secondary N) is 1. The van der Waals surface area contributed by atoms with Gasteiger partial charge in [0.1, 0.15) is 10.8 Å². The molecule has 8 nitrogen and oxygen atoms in total.